The summed E-state index contributed by atoms with van der Waals surface area (Å²) in [4.78, 5) is 11.1. The number of rotatable bonds is 4. The van der Waals surface area contributed by atoms with Gasteiger partial charge in [0, 0.05) is 30.8 Å². The molecule has 7 nitrogen and oxygen atoms in total. The monoisotopic (exact) mass is 387 g/mol. The van der Waals surface area contributed by atoms with Crippen molar-refractivity contribution in [3.63, 3.8) is 0 Å². The van der Waals surface area contributed by atoms with Crippen molar-refractivity contribution in [3.8, 4) is 5.75 Å². The molecule has 2 N–H and O–H groups in total. The Labute approximate surface area is 164 Å². The van der Waals surface area contributed by atoms with E-state index in [1.54, 1.807) is 12.4 Å². The molecule has 2 unspecified atom stereocenters. The van der Waals surface area contributed by atoms with Crippen molar-refractivity contribution in [1.82, 2.24) is 15.4 Å². The SMILES string of the molecule is CC(C)Oc1cc2c(cc1F)NNC2c1cc(N2CC(C)O[C@H](C)C2)ncn1. The number of anilines is 2. The van der Waals surface area contributed by atoms with Gasteiger partial charge in [0.05, 0.1) is 35.7 Å². The number of aromatic nitrogens is 2. The van der Waals surface area contributed by atoms with Crippen LogP contribution in [0.4, 0.5) is 15.9 Å². The van der Waals surface area contributed by atoms with E-state index < -0.39 is 0 Å². The highest BCUT2D eigenvalue weighted by Crippen LogP contribution is 2.37. The molecule has 4 rings (SSSR count). The number of hydrogen-bond acceptors (Lipinski definition) is 7. The van der Waals surface area contributed by atoms with Crippen LogP contribution in [0.15, 0.2) is 24.5 Å². The Hall–Kier alpha value is -2.45. The summed E-state index contributed by atoms with van der Waals surface area (Å²) >= 11 is 0. The third kappa shape index (κ3) is 3.74. The lowest BCUT2D eigenvalue weighted by Crippen LogP contribution is -2.45. The topological polar surface area (TPSA) is 71.5 Å². The molecule has 28 heavy (non-hydrogen) atoms. The molecule has 0 saturated carbocycles. The predicted octanol–water partition coefficient (Wildman–Crippen LogP) is 3.04. The van der Waals surface area contributed by atoms with Crippen LogP contribution in [-0.2, 0) is 4.74 Å². The first kappa shape index (κ1) is 18.9. The Morgan fingerprint density at radius 2 is 1.93 bits per heavy atom. The van der Waals surface area contributed by atoms with E-state index in [0.29, 0.717) is 5.69 Å². The molecule has 0 bridgehead atoms. The Morgan fingerprint density at radius 1 is 1.18 bits per heavy atom. The lowest BCUT2D eigenvalue weighted by molar-refractivity contribution is -0.00547. The largest absolute Gasteiger partial charge is 0.488 e. The Balaban J connectivity index is 1.63. The van der Waals surface area contributed by atoms with Crippen LogP contribution in [0, 0.1) is 5.82 Å². The van der Waals surface area contributed by atoms with Gasteiger partial charge < -0.3 is 19.8 Å². The standard InChI is InChI=1S/C20H26FN5O2/c1-11(2)27-18-5-14-16(6-15(18)21)24-25-20(14)17-7-19(23-10-22-17)26-8-12(3)28-13(4)9-26/h5-7,10-13,20,24-25H,8-9H2,1-4H3/t12-,13?,20?/m1/s1. The lowest BCUT2D eigenvalue weighted by atomic mass is 10.0. The Morgan fingerprint density at radius 3 is 2.64 bits per heavy atom. The quantitative estimate of drug-likeness (QED) is 0.835. The zero-order valence-electron chi connectivity index (χ0n) is 16.6. The third-order valence-electron chi connectivity index (χ3n) is 4.84. The molecule has 2 aliphatic rings. The highest BCUT2D eigenvalue weighted by atomic mass is 19.1. The van der Waals surface area contributed by atoms with E-state index in [-0.39, 0.29) is 35.9 Å². The van der Waals surface area contributed by atoms with Crippen molar-refractivity contribution in [2.24, 2.45) is 0 Å². The average Bonchev–Trinajstić information content (AvgIpc) is 3.03. The van der Waals surface area contributed by atoms with Crippen LogP contribution in [0.5, 0.6) is 5.75 Å². The minimum Gasteiger partial charge on any atom is -0.488 e. The second kappa shape index (κ2) is 7.52. The van der Waals surface area contributed by atoms with Crippen LogP contribution in [0.25, 0.3) is 0 Å². The maximum absolute atomic E-state index is 14.3. The lowest BCUT2D eigenvalue weighted by Gasteiger charge is -2.36. The molecule has 3 heterocycles. The van der Waals surface area contributed by atoms with Crippen molar-refractivity contribution in [2.45, 2.75) is 52.0 Å². The van der Waals surface area contributed by atoms with Crippen LogP contribution in [0.2, 0.25) is 0 Å². The van der Waals surface area contributed by atoms with Crippen LogP contribution < -0.4 is 20.5 Å². The van der Waals surface area contributed by atoms with E-state index in [1.807, 2.05) is 19.9 Å². The summed E-state index contributed by atoms with van der Waals surface area (Å²) in [6.45, 7) is 9.45. The third-order valence-corrected chi connectivity index (χ3v) is 4.84. The van der Waals surface area contributed by atoms with Crippen LogP contribution in [0.1, 0.15) is 45.0 Å². The number of hydrazine groups is 1. The molecule has 1 aromatic heterocycles. The Kier molecular flexibility index (Phi) is 5.07. The van der Waals surface area contributed by atoms with Crippen molar-refractivity contribution in [2.75, 3.05) is 23.4 Å². The highest BCUT2D eigenvalue weighted by molar-refractivity contribution is 5.61. The number of benzene rings is 1. The van der Waals surface area contributed by atoms with Gasteiger partial charge in [-0.05, 0) is 33.8 Å². The van der Waals surface area contributed by atoms with Gasteiger partial charge in [-0.1, -0.05) is 0 Å². The van der Waals surface area contributed by atoms with Gasteiger partial charge in [-0.25, -0.2) is 19.8 Å². The summed E-state index contributed by atoms with van der Waals surface area (Å²) in [5, 5.41) is 0. The zero-order valence-corrected chi connectivity index (χ0v) is 16.6. The normalized spacial score (nSPS) is 24.2. The van der Waals surface area contributed by atoms with E-state index in [0.717, 1.165) is 30.2 Å². The fourth-order valence-electron chi connectivity index (χ4n) is 3.78. The summed E-state index contributed by atoms with van der Waals surface area (Å²) < 4.78 is 25.7. The molecule has 2 aromatic rings. The second-order valence-corrected chi connectivity index (χ2v) is 7.70. The summed E-state index contributed by atoms with van der Waals surface area (Å²) in [5.74, 6) is 0.722. The maximum atomic E-state index is 14.3. The zero-order chi connectivity index (χ0) is 19.8. The van der Waals surface area contributed by atoms with Gasteiger partial charge >= 0.3 is 0 Å². The average molecular weight is 387 g/mol. The van der Waals surface area contributed by atoms with Crippen molar-refractivity contribution in [3.05, 3.63) is 41.6 Å². The minimum absolute atomic E-state index is 0.107. The minimum atomic E-state index is -0.387. The number of halogens is 1. The molecular formula is C20H26FN5O2. The van der Waals surface area contributed by atoms with Crippen LogP contribution in [-0.4, -0.2) is 41.4 Å². The van der Waals surface area contributed by atoms with Crippen LogP contribution in [0.3, 0.4) is 0 Å². The molecule has 1 fully saturated rings. The molecule has 1 saturated heterocycles. The van der Waals surface area contributed by atoms with E-state index in [2.05, 4.69) is 39.6 Å². The first-order valence-corrected chi connectivity index (χ1v) is 9.64. The van der Waals surface area contributed by atoms with E-state index in [1.165, 1.54) is 6.07 Å². The van der Waals surface area contributed by atoms with Crippen molar-refractivity contribution < 1.29 is 13.9 Å². The number of nitrogens with zero attached hydrogens (tertiary/aromatic N) is 3. The molecule has 0 aliphatic carbocycles. The van der Waals surface area contributed by atoms with Crippen LogP contribution >= 0.6 is 0 Å². The van der Waals surface area contributed by atoms with E-state index in [4.69, 9.17) is 9.47 Å². The van der Waals surface area contributed by atoms with Gasteiger partial charge in [0.2, 0.25) is 0 Å². The summed E-state index contributed by atoms with van der Waals surface area (Å²) in [5.41, 5.74) is 8.62. The smallest absolute Gasteiger partial charge is 0.167 e. The molecule has 0 amide bonds. The maximum Gasteiger partial charge on any atom is 0.167 e. The summed E-state index contributed by atoms with van der Waals surface area (Å²) in [7, 11) is 0. The van der Waals surface area contributed by atoms with Gasteiger partial charge in [0.25, 0.3) is 0 Å². The molecule has 8 heteroatoms. The molecule has 2 aliphatic heterocycles. The molecule has 3 atom stereocenters. The molecule has 0 radical (unpaired) electrons. The van der Waals surface area contributed by atoms with Gasteiger partial charge in [0.15, 0.2) is 11.6 Å². The number of morpholine rings is 1. The Bertz CT molecular complexity index is 852. The molecular weight excluding hydrogens is 361 g/mol. The number of hydrogen-bond donors (Lipinski definition) is 2. The summed E-state index contributed by atoms with van der Waals surface area (Å²) in [6.07, 6.45) is 1.76. The first-order chi connectivity index (χ1) is 13.4. The number of nitrogens with one attached hydrogen (secondary N) is 2. The van der Waals surface area contributed by atoms with Gasteiger partial charge in [-0.2, -0.15) is 0 Å². The van der Waals surface area contributed by atoms with Gasteiger partial charge in [-0.3, -0.25) is 0 Å². The van der Waals surface area contributed by atoms with Gasteiger partial charge in [0.1, 0.15) is 12.1 Å². The fourth-order valence-corrected chi connectivity index (χ4v) is 3.78. The first-order valence-electron chi connectivity index (χ1n) is 9.64. The van der Waals surface area contributed by atoms with Crippen molar-refractivity contribution in [1.29, 1.82) is 0 Å². The van der Waals surface area contributed by atoms with E-state index >= 15 is 0 Å². The summed E-state index contributed by atoms with van der Waals surface area (Å²) in [6, 6.07) is 4.95. The highest BCUT2D eigenvalue weighted by Gasteiger charge is 2.29. The molecule has 0 spiro atoms. The van der Waals surface area contributed by atoms with E-state index in [9.17, 15) is 4.39 Å². The second-order valence-electron chi connectivity index (χ2n) is 7.70. The van der Waals surface area contributed by atoms with Gasteiger partial charge in [-0.15, -0.1) is 0 Å². The molecule has 1 aromatic carbocycles. The number of ether oxygens (including phenoxy) is 2. The number of fused-ring (bicyclic) bond motifs is 1. The van der Waals surface area contributed by atoms with Crippen molar-refractivity contribution >= 4 is 11.5 Å². The molecule has 150 valence electrons. The predicted molar refractivity (Wildman–Crippen MR) is 105 cm³/mol. The fraction of sp³-hybridized carbons (Fsp3) is 0.500.